The van der Waals surface area contributed by atoms with Crippen molar-refractivity contribution in [2.24, 2.45) is 0 Å². The number of amides is 1. The highest BCUT2D eigenvalue weighted by Gasteiger charge is 2.40. The lowest BCUT2D eigenvalue weighted by Gasteiger charge is -2.38. The molecule has 1 amide bonds. The van der Waals surface area contributed by atoms with E-state index in [1.54, 1.807) is 0 Å². The summed E-state index contributed by atoms with van der Waals surface area (Å²) in [6, 6.07) is 12.6. The molecule has 4 rings (SSSR count). The summed E-state index contributed by atoms with van der Waals surface area (Å²) in [5.41, 5.74) is 2.53. The highest BCUT2D eigenvalue weighted by Crippen LogP contribution is 2.44. The number of carbonyl (C=O) groups excluding carboxylic acids is 2. The molecule has 0 saturated heterocycles. The number of alkyl halides is 3. The first-order chi connectivity index (χ1) is 14.3. The van der Waals surface area contributed by atoms with Gasteiger partial charge in [-0.05, 0) is 48.6 Å². The van der Waals surface area contributed by atoms with Gasteiger partial charge < -0.3 is 0 Å². The van der Waals surface area contributed by atoms with Crippen LogP contribution < -0.4 is 4.90 Å². The van der Waals surface area contributed by atoms with Crippen LogP contribution in [0.25, 0.3) is 0 Å². The van der Waals surface area contributed by atoms with Gasteiger partial charge in [0.25, 0.3) is 0 Å². The molecule has 2 aliphatic rings. The second-order valence-electron chi connectivity index (χ2n) is 7.77. The van der Waals surface area contributed by atoms with E-state index in [9.17, 15) is 22.8 Å². The predicted molar refractivity (Wildman–Crippen MR) is 108 cm³/mol. The second kappa shape index (κ2) is 7.74. The Labute approximate surface area is 173 Å². The second-order valence-corrected chi connectivity index (χ2v) is 7.77. The van der Waals surface area contributed by atoms with Crippen LogP contribution in [0.1, 0.15) is 55.2 Å². The molecule has 0 aromatic heterocycles. The van der Waals surface area contributed by atoms with E-state index in [4.69, 9.17) is 0 Å². The zero-order chi connectivity index (χ0) is 21.5. The van der Waals surface area contributed by atoms with Gasteiger partial charge in [-0.3, -0.25) is 14.5 Å². The van der Waals surface area contributed by atoms with Crippen LogP contribution in [-0.2, 0) is 22.2 Å². The van der Waals surface area contributed by atoms with Crippen LogP contribution in [0.15, 0.2) is 59.8 Å². The van der Waals surface area contributed by atoms with Gasteiger partial charge in [-0.15, -0.1) is 0 Å². The van der Waals surface area contributed by atoms with Crippen molar-refractivity contribution in [1.82, 2.24) is 0 Å². The van der Waals surface area contributed by atoms with E-state index in [1.165, 1.54) is 17.0 Å². The first kappa shape index (κ1) is 20.4. The fraction of sp³-hybridized carbons (Fsp3) is 0.333. The van der Waals surface area contributed by atoms with Gasteiger partial charge in [0, 0.05) is 35.7 Å². The van der Waals surface area contributed by atoms with Crippen LogP contribution in [0.2, 0.25) is 0 Å². The summed E-state index contributed by atoms with van der Waals surface area (Å²) in [7, 11) is 0. The number of allylic oxidation sites excluding steroid dienone is 2. The summed E-state index contributed by atoms with van der Waals surface area (Å²) >= 11 is 0. The van der Waals surface area contributed by atoms with E-state index in [0.29, 0.717) is 30.5 Å². The fourth-order valence-corrected chi connectivity index (χ4v) is 4.38. The van der Waals surface area contributed by atoms with Crippen molar-refractivity contribution in [1.29, 1.82) is 0 Å². The normalized spacial score (nSPS) is 19.9. The molecule has 0 fully saturated rings. The zero-order valence-corrected chi connectivity index (χ0v) is 16.6. The van der Waals surface area contributed by atoms with Crippen LogP contribution in [-0.4, -0.2) is 11.7 Å². The molecule has 1 aliphatic carbocycles. The number of halogens is 3. The van der Waals surface area contributed by atoms with Gasteiger partial charge >= 0.3 is 6.18 Å². The molecule has 0 N–H and O–H groups in total. The largest absolute Gasteiger partial charge is 0.416 e. The number of hydrogen-bond acceptors (Lipinski definition) is 2. The van der Waals surface area contributed by atoms with Crippen molar-refractivity contribution in [2.75, 3.05) is 4.90 Å². The third kappa shape index (κ3) is 3.66. The Morgan fingerprint density at radius 2 is 1.77 bits per heavy atom. The third-order valence-corrected chi connectivity index (χ3v) is 5.90. The van der Waals surface area contributed by atoms with Crippen LogP contribution in [0.5, 0.6) is 0 Å². The Morgan fingerprint density at radius 3 is 2.43 bits per heavy atom. The maximum atomic E-state index is 13.2. The Balaban J connectivity index is 1.81. The minimum Gasteiger partial charge on any atom is -0.294 e. The molecule has 0 saturated carbocycles. The van der Waals surface area contributed by atoms with Crippen LogP contribution >= 0.6 is 0 Å². The number of hydrogen-bond donors (Lipinski definition) is 0. The minimum absolute atomic E-state index is 0.0229. The van der Waals surface area contributed by atoms with Gasteiger partial charge in [0.05, 0.1) is 5.56 Å². The molecule has 3 nitrogen and oxygen atoms in total. The Morgan fingerprint density at radius 1 is 1.03 bits per heavy atom. The van der Waals surface area contributed by atoms with E-state index >= 15 is 0 Å². The lowest BCUT2D eigenvalue weighted by Crippen LogP contribution is -2.40. The molecule has 2 aromatic carbocycles. The van der Waals surface area contributed by atoms with Crippen molar-refractivity contribution in [2.45, 2.75) is 51.1 Å². The maximum Gasteiger partial charge on any atom is 0.416 e. The Hall–Kier alpha value is -2.89. The standard InChI is InChI=1S/C24H22F3NO2/c1-2-15-9-11-16(12-10-15)19-14-22(30)28(20-7-4-8-21(29)23(19)20)18-6-3-5-17(13-18)24(25,26)27/h3,5-6,9-13,19H,2,4,7-8,14H2,1H3. The molecule has 2 aromatic rings. The number of anilines is 1. The molecular weight excluding hydrogens is 391 g/mol. The molecule has 6 heteroatoms. The molecule has 156 valence electrons. The van der Waals surface area contributed by atoms with Gasteiger partial charge in [0.2, 0.25) is 5.91 Å². The summed E-state index contributed by atoms with van der Waals surface area (Å²) in [6.45, 7) is 2.05. The van der Waals surface area contributed by atoms with Gasteiger partial charge in [-0.2, -0.15) is 13.2 Å². The molecule has 1 unspecified atom stereocenters. The number of aryl methyl sites for hydroxylation is 1. The van der Waals surface area contributed by atoms with Gasteiger partial charge in [-0.1, -0.05) is 37.3 Å². The fourth-order valence-electron chi connectivity index (χ4n) is 4.38. The van der Waals surface area contributed by atoms with Gasteiger partial charge in [-0.25, -0.2) is 0 Å². The number of benzene rings is 2. The molecule has 1 atom stereocenters. The topological polar surface area (TPSA) is 37.4 Å². The quantitative estimate of drug-likeness (QED) is 0.638. The lowest BCUT2D eigenvalue weighted by molar-refractivity contribution is -0.137. The van der Waals surface area contributed by atoms with E-state index in [2.05, 4.69) is 6.92 Å². The van der Waals surface area contributed by atoms with Crippen molar-refractivity contribution < 1.29 is 22.8 Å². The van der Waals surface area contributed by atoms with Crippen molar-refractivity contribution in [3.8, 4) is 0 Å². The summed E-state index contributed by atoms with van der Waals surface area (Å²) in [6.07, 6.45) is -2.08. The summed E-state index contributed by atoms with van der Waals surface area (Å²) in [5, 5.41) is 0. The maximum absolute atomic E-state index is 13.2. The highest BCUT2D eigenvalue weighted by atomic mass is 19.4. The predicted octanol–water partition coefficient (Wildman–Crippen LogP) is 5.80. The summed E-state index contributed by atoms with van der Waals surface area (Å²) in [5.74, 6) is -0.661. The number of rotatable bonds is 3. The van der Waals surface area contributed by atoms with Crippen LogP contribution in [0, 0.1) is 0 Å². The summed E-state index contributed by atoms with van der Waals surface area (Å²) < 4.78 is 39.6. The Kier molecular flexibility index (Phi) is 5.26. The number of nitrogens with zero attached hydrogens (tertiary/aromatic N) is 1. The smallest absolute Gasteiger partial charge is 0.294 e. The first-order valence-corrected chi connectivity index (χ1v) is 10.1. The lowest BCUT2D eigenvalue weighted by atomic mass is 9.77. The Bertz CT molecular complexity index is 1020. The van der Waals surface area contributed by atoms with Gasteiger partial charge in [0.15, 0.2) is 5.78 Å². The summed E-state index contributed by atoms with van der Waals surface area (Å²) in [4.78, 5) is 27.3. The highest BCUT2D eigenvalue weighted by molar-refractivity contribution is 6.07. The van der Waals surface area contributed by atoms with E-state index in [1.807, 2.05) is 24.3 Å². The average Bonchev–Trinajstić information content (AvgIpc) is 2.73. The van der Waals surface area contributed by atoms with E-state index in [-0.39, 0.29) is 29.7 Å². The molecule has 0 spiro atoms. The number of carbonyl (C=O) groups is 2. The molecular formula is C24H22F3NO2. The molecule has 30 heavy (non-hydrogen) atoms. The van der Waals surface area contributed by atoms with Gasteiger partial charge in [0.1, 0.15) is 0 Å². The van der Waals surface area contributed by atoms with Crippen molar-refractivity contribution in [3.05, 3.63) is 76.5 Å². The molecule has 0 bridgehead atoms. The third-order valence-electron chi connectivity index (χ3n) is 5.90. The number of ketones is 1. The zero-order valence-electron chi connectivity index (χ0n) is 16.6. The molecule has 1 heterocycles. The average molecular weight is 413 g/mol. The van der Waals surface area contributed by atoms with Crippen molar-refractivity contribution in [3.63, 3.8) is 0 Å². The van der Waals surface area contributed by atoms with E-state index in [0.717, 1.165) is 29.7 Å². The van der Waals surface area contributed by atoms with Crippen LogP contribution in [0.3, 0.4) is 0 Å². The minimum atomic E-state index is -4.50. The van der Waals surface area contributed by atoms with Crippen LogP contribution in [0.4, 0.5) is 18.9 Å². The monoisotopic (exact) mass is 413 g/mol. The first-order valence-electron chi connectivity index (χ1n) is 10.1. The van der Waals surface area contributed by atoms with E-state index < -0.39 is 11.7 Å². The SMILES string of the molecule is CCc1ccc(C2CC(=O)N(c3cccc(C(F)(F)F)c3)C3=C2C(=O)CCC3)cc1. The molecule has 1 aliphatic heterocycles. The molecule has 0 radical (unpaired) electrons. The number of Topliss-reactive ketones (excluding diaryl/α,β-unsaturated/α-hetero) is 1. The van der Waals surface area contributed by atoms with Crippen molar-refractivity contribution >= 4 is 17.4 Å².